The fourth-order valence-electron chi connectivity index (χ4n) is 6.16. The molecule has 3 N–H and O–H groups in total. The van der Waals surface area contributed by atoms with Crippen LogP contribution in [0.3, 0.4) is 0 Å². The number of carbonyl (C=O) groups is 4. The molecular formula is C38H49N5O7. The monoisotopic (exact) mass is 687 g/mol. The minimum atomic E-state index is -0.977. The van der Waals surface area contributed by atoms with E-state index in [1.807, 2.05) is 81.4 Å². The summed E-state index contributed by atoms with van der Waals surface area (Å²) < 4.78 is 16.4. The van der Waals surface area contributed by atoms with Crippen LogP contribution in [0.1, 0.15) is 67.4 Å². The number of amides is 3. The smallest absolute Gasteiger partial charge is 0.274 e. The molecule has 2 aliphatic rings. The van der Waals surface area contributed by atoms with Crippen molar-refractivity contribution in [3.8, 4) is 0 Å². The van der Waals surface area contributed by atoms with Crippen LogP contribution in [0.4, 0.5) is 0 Å². The number of aromatic nitrogens is 1. The number of aryl methyl sites for hydroxylation is 1. The van der Waals surface area contributed by atoms with Crippen molar-refractivity contribution in [1.82, 2.24) is 26.0 Å². The van der Waals surface area contributed by atoms with Crippen molar-refractivity contribution in [3.63, 3.8) is 0 Å². The van der Waals surface area contributed by atoms with Gasteiger partial charge in [0, 0.05) is 19.2 Å². The molecule has 5 rings (SSSR count). The van der Waals surface area contributed by atoms with Gasteiger partial charge in [-0.3, -0.25) is 24.1 Å². The van der Waals surface area contributed by atoms with Crippen molar-refractivity contribution in [1.29, 1.82) is 0 Å². The Morgan fingerprint density at radius 3 is 2.10 bits per heavy atom. The second-order valence-corrected chi connectivity index (χ2v) is 13.6. The van der Waals surface area contributed by atoms with Gasteiger partial charge in [0.1, 0.15) is 12.1 Å². The number of nitrogens with zero attached hydrogens (tertiary/aromatic N) is 2. The zero-order chi connectivity index (χ0) is 35.5. The third-order valence-corrected chi connectivity index (χ3v) is 9.23. The van der Waals surface area contributed by atoms with Gasteiger partial charge in [0.2, 0.25) is 11.8 Å². The SMILES string of the molecule is CCC1(C(=O)C(Cc2ccccc2)NC(=O)[C@H](CC(C)C)NC(=O)[C@H](CCc2ccccc2)NC(=O)c2cc(CN3CCOCC3)on2)CO1. The molecule has 1 aromatic heterocycles. The number of nitrogens with one attached hydrogen (secondary N) is 3. The van der Waals surface area contributed by atoms with Gasteiger partial charge in [-0.15, -0.1) is 0 Å². The van der Waals surface area contributed by atoms with Crippen LogP contribution in [0.5, 0.6) is 0 Å². The summed E-state index contributed by atoms with van der Waals surface area (Å²) in [6, 6.07) is 18.0. The number of hydrogen-bond donors (Lipinski definition) is 3. The number of carbonyl (C=O) groups excluding carboxylic acids is 4. The summed E-state index contributed by atoms with van der Waals surface area (Å²) in [7, 11) is 0. The van der Waals surface area contributed by atoms with Crippen molar-refractivity contribution < 1.29 is 33.2 Å². The Morgan fingerprint density at radius 2 is 1.48 bits per heavy atom. The number of Topliss-reactive ketones (excluding diaryl/α,β-unsaturated/α-hetero) is 1. The van der Waals surface area contributed by atoms with Crippen LogP contribution in [-0.2, 0) is 43.2 Å². The maximum absolute atomic E-state index is 14.0. The van der Waals surface area contributed by atoms with E-state index in [0.29, 0.717) is 57.8 Å². The third-order valence-electron chi connectivity index (χ3n) is 9.23. The summed E-state index contributed by atoms with van der Waals surface area (Å²) in [6.45, 7) is 9.38. The zero-order valence-corrected chi connectivity index (χ0v) is 29.2. The first-order valence-electron chi connectivity index (χ1n) is 17.6. The maximum Gasteiger partial charge on any atom is 0.274 e. The summed E-state index contributed by atoms with van der Waals surface area (Å²) in [5, 5.41) is 12.7. The second kappa shape index (κ2) is 17.5. The number of benzene rings is 2. The minimum absolute atomic E-state index is 0.0421. The van der Waals surface area contributed by atoms with Crippen LogP contribution in [0.15, 0.2) is 71.3 Å². The zero-order valence-electron chi connectivity index (χ0n) is 29.2. The molecule has 3 amide bonds. The van der Waals surface area contributed by atoms with Crippen molar-refractivity contribution in [3.05, 3.63) is 89.3 Å². The Kier molecular flexibility index (Phi) is 12.9. The molecule has 12 heteroatoms. The summed E-state index contributed by atoms with van der Waals surface area (Å²) in [4.78, 5) is 57.1. The van der Waals surface area contributed by atoms with Crippen LogP contribution in [0.2, 0.25) is 0 Å². The van der Waals surface area contributed by atoms with E-state index >= 15 is 0 Å². The van der Waals surface area contributed by atoms with Gasteiger partial charge in [0.25, 0.3) is 5.91 Å². The molecule has 2 aromatic carbocycles. The lowest BCUT2D eigenvalue weighted by molar-refractivity contribution is -0.133. The van der Waals surface area contributed by atoms with Crippen LogP contribution in [0.25, 0.3) is 0 Å². The molecular weight excluding hydrogens is 638 g/mol. The van der Waals surface area contributed by atoms with Crippen LogP contribution in [0, 0.1) is 5.92 Å². The van der Waals surface area contributed by atoms with Gasteiger partial charge >= 0.3 is 0 Å². The van der Waals surface area contributed by atoms with Gasteiger partial charge in [-0.25, -0.2) is 0 Å². The lowest BCUT2D eigenvalue weighted by Crippen LogP contribution is -2.57. The van der Waals surface area contributed by atoms with Crippen LogP contribution < -0.4 is 16.0 Å². The molecule has 3 heterocycles. The highest BCUT2D eigenvalue weighted by Crippen LogP contribution is 2.33. The molecule has 3 aromatic rings. The largest absolute Gasteiger partial charge is 0.379 e. The van der Waals surface area contributed by atoms with Gasteiger partial charge in [0.15, 0.2) is 22.8 Å². The van der Waals surface area contributed by atoms with Crippen molar-refractivity contribution in [2.45, 2.75) is 83.1 Å². The highest BCUT2D eigenvalue weighted by Gasteiger charge is 2.53. The summed E-state index contributed by atoms with van der Waals surface area (Å²) >= 11 is 0. The first-order valence-corrected chi connectivity index (χ1v) is 17.6. The van der Waals surface area contributed by atoms with E-state index in [-0.39, 0.29) is 23.8 Å². The van der Waals surface area contributed by atoms with Crippen LogP contribution >= 0.6 is 0 Å². The fourth-order valence-corrected chi connectivity index (χ4v) is 6.16. The molecule has 2 fully saturated rings. The van der Waals surface area contributed by atoms with E-state index in [1.54, 1.807) is 6.07 Å². The molecule has 50 heavy (non-hydrogen) atoms. The number of ether oxygens (including phenoxy) is 2. The Bertz CT molecular complexity index is 1570. The van der Waals surface area contributed by atoms with Crippen molar-refractivity contribution >= 4 is 23.5 Å². The Labute approximate surface area is 293 Å². The number of rotatable bonds is 18. The highest BCUT2D eigenvalue weighted by molar-refractivity contribution is 5.99. The van der Waals surface area contributed by atoms with E-state index < -0.39 is 41.4 Å². The topological polar surface area (TPSA) is 155 Å². The standard InChI is InChI=1S/C38H49N5O7/c1-4-38(25-49-38)34(44)31(22-28-13-9-6-10-14-28)40-36(46)32(21-26(2)3)41-35(45)30(16-15-27-11-7-5-8-12-27)39-37(47)33-23-29(50-42-33)24-43-17-19-48-20-18-43/h5-14,23,26,30-32H,4,15-22,24-25H2,1-3H3,(H,39,47)(H,40,46)(H,41,45)/t30-,31?,32-,38?/m0/s1. The van der Waals surface area contributed by atoms with Crippen molar-refractivity contribution in [2.24, 2.45) is 5.92 Å². The summed E-state index contributed by atoms with van der Waals surface area (Å²) in [5.74, 6) is -1.12. The van der Waals surface area contributed by atoms with Gasteiger partial charge in [-0.2, -0.15) is 0 Å². The second-order valence-electron chi connectivity index (χ2n) is 13.6. The normalized spacial score (nSPS) is 19.3. The molecule has 2 aliphatic heterocycles. The van der Waals surface area contributed by atoms with E-state index in [4.69, 9.17) is 14.0 Å². The quantitative estimate of drug-likeness (QED) is 0.171. The predicted molar refractivity (Wildman–Crippen MR) is 186 cm³/mol. The molecule has 12 nitrogen and oxygen atoms in total. The summed E-state index contributed by atoms with van der Waals surface area (Å²) in [5.41, 5.74) is 1.06. The number of morpholine rings is 1. The number of hydrogen-bond acceptors (Lipinski definition) is 9. The minimum Gasteiger partial charge on any atom is -0.379 e. The fraction of sp³-hybridized carbons (Fsp3) is 0.500. The molecule has 2 unspecified atom stereocenters. The number of epoxide rings is 1. The van der Waals surface area contributed by atoms with Gasteiger partial charge in [-0.1, -0.05) is 86.6 Å². The van der Waals surface area contributed by atoms with E-state index in [2.05, 4.69) is 26.0 Å². The lowest BCUT2D eigenvalue weighted by atomic mass is 9.91. The summed E-state index contributed by atoms with van der Waals surface area (Å²) in [6.07, 6.45) is 1.91. The van der Waals surface area contributed by atoms with Crippen LogP contribution in [-0.4, -0.2) is 90.2 Å². The van der Waals surface area contributed by atoms with Gasteiger partial charge < -0.3 is 29.9 Å². The average molecular weight is 688 g/mol. The van der Waals surface area contributed by atoms with Gasteiger partial charge in [0.05, 0.1) is 32.4 Å². The first-order chi connectivity index (χ1) is 24.2. The molecule has 0 bridgehead atoms. The maximum atomic E-state index is 14.0. The third kappa shape index (κ3) is 10.3. The molecule has 268 valence electrons. The van der Waals surface area contributed by atoms with E-state index in [1.165, 1.54) is 0 Å². The Hall–Kier alpha value is -4.39. The molecule has 0 saturated carbocycles. The molecule has 4 atom stereocenters. The predicted octanol–water partition coefficient (Wildman–Crippen LogP) is 3.24. The molecule has 0 spiro atoms. The van der Waals surface area contributed by atoms with E-state index in [0.717, 1.165) is 24.2 Å². The first kappa shape index (κ1) is 36.9. The van der Waals surface area contributed by atoms with E-state index in [9.17, 15) is 19.2 Å². The Balaban J connectivity index is 1.30. The lowest BCUT2D eigenvalue weighted by Gasteiger charge is -2.27. The Morgan fingerprint density at radius 1 is 0.860 bits per heavy atom. The molecule has 2 saturated heterocycles. The van der Waals surface area contributed by atoms with Crippen molar-refractivity contribution in [2.75, 3.05) is 32.9 Å². The highest BCUT2D eigenvalue weighted by atomic mass is 16.6. The number of ketones is 1. The molecule has 0 aliphatic carbocycles. The molecule has 0 radical (unpaired) electrons. The average Bonchev–Trinajstić information content (AvgIpc) is 3.79. The van der Waals surface area contributed by atoms with Gasteiger partial charge in [-0.05, 0) is 49.1 Å².